The minimum atomic E-state index is -0.353. The van der Waals surface area contributed by atoms with E-state index in [4.69, 9.17) is 4.74 Å². The first kappa shape index (κ1) is 21.1. The number of hydrogen-bond donors (Lipinski definition) is 2. The number of para-hydroxylation sites is 1. The molecule has 0 aliphatic heterocycles. The van der Waals surface area contributed by atoms with Gasteiger partial charge in [-0.2, -0.15) is 0 Å². The number of hydrogen-bond acceptors (Lipinski definition) is 3. The highest BCUT2D eigenvalue weighted by Gasteiger charge is 2.11. The lowest BCUT2D eigenvalue weighted by Crippen LogP contribution is -2.42. The van der Waals surface area contributed by atoms with Crippen molar-refractivity contribution in [2.45, 2.75) is 26.0 Å². The molecule has 136 valence electrons. The fraction of sp³-hybridized carbons (Fsp3) is 0.333. The summed E-state index contributed by atoms with van der Waals surface area (Å²) in [6, 6.07) is 12.2. The van der Waals surface area contributed by atoms with Gasteiger partial charge in [-0.3, -0.25) is 9.98 Å². The number of aromatic nitrogens is 1. The van der Waals surface area contributed by atoms with E-state index in [1.165, 1.54) is 6.07 Å². The quantitative estimate of drug-likeness (QED) is 0.380. The van der Waals surface area contributed by atoms with Gasteiger partial charge in [-0.1, -0.05) is 25.1 Å². The van der Waals surface area contributed by atoms with Crippen LogP contribution in [0.25, 0.3) is 0 Å². The maximum Gasteiger partial charge on any atom is 0.191 e. The Hall–Kier alpha value is -1.90. The number of nitrogens with zero attached hydrogens (tertiary/aromatic N) is 2. The summed E-state index contributed by atoms with van der Waals surface area (Å²) in [5.74, 6) is 0.562. The molecule has 2 aromatic rings. The molecule has 2 N–H and O–H groups in total. The van der Waals surface area contributed by atoms with Crippen molar-refractivity contribution in [3.63, 3.8) is 0 Å². The zero-order valence-corrected chi connectivity index (χ0v) is 16.7. The van der Waals surface area contributed by atoms with Gasteiger partial charge in [0.2, 0.25) is 0 Å². The predicted octanol–water partition coefficient (Wildman–Crippen LogP) is 3.36. The molecule has 7 heteroatoms. The Labute approximate surface area is 165 Å². The number of aliphatic imine (C=N–C) groups is 1. The second-order valence-corrected chi connectivity index (χ2v) is 5.21. The van der Waals surface area contributed by atoms with Crippen molar-refractivity contribution in [2.24, 2.45) is 4.99 Å². The summed E-state index contributed by atoms with van der Waals surface area (Å²) in [6.07, 6.45) is 2.34. The van der Waals surface area contributed by atoms with Gasteiger partial charge in [0.15, 0.2) is 17.5 Å². The van der Waals surface area contributed by atoms with Crippen LogP contribution in [0.4, 0.5) is 4.39 Å². The van der Waals surface area contributed by atoms with Crippen LogP contribution in [-0.4, -0.2) is 30.6 Å². The summed E-state index contributed by atoms with van der Waals surface area (Å²) >= 11 is 0. The number of guanidine groups is 1. The summed E-state index contributed by atoms with van der Waals surface area (Å²) in [5, 5.41) is 6.38. The first-order valence-electron chi connectivity index (χ1n) is 7.98. The van der Waals surface area contributed by atoms with Gasteiger partial charge in [0.25, 0.3) is 0 Å². The zero-order chi connectivity index (χ0) is 17.2. The number of rotatable bonds is 7. The highest BCUT2D eigenvalue weighted by atomic mass is 127. The molecule has 5 nitrogen and oxygen atoms in total. The number of benzene rings is 1. The summed E-state index contributed by atoms with van der Waals surface area (Å²) in [4.78, 5) is 8.42. The van der Waals surface area contributed by atoms with Crippen molar-refractivity contribution in [2.75, 3.05) is 13.6 Å². The Morgan fingerprint density at radius 3 is 2.60 bits per heavy atom. The standard InChI is InChI=1S/C18H23FN4O.HI/c1-3-15(24-17-10-5-4-9-16(17)19)13-23-18(20-2)22-12-14-8-6-7-11-21-14;/h4-11,15H,3,12-13H2,1-2H3,(H2,20,22,23);1H. The Morgan fingerprint density at radius 2 is 1.96 bits per heavy atom. The van der Waals surface area contributed by atoms with Gasteiger partial charge in [-0.05, 0) is 30.7 Å². The van der Waals surface area contributed by atoms with Crippen LogP contribution in [0.3, 0.4) is 0 Å². The third-order valence-corrected chi connectivity index (χ3v) is 3.47. The molecule has 0 spiro atoms. The van der Waals surface area contributed by atoms with E-state index < -0.39 is 0 Å². The molecule has 1 aromatic heterocycles. The average Bonchev–Trinajstić information content (AvgIpc) is 2.63. The van der Waals surface area contributed by atoms with E-state index in [0.29, 0.717) is 19.0 Å². The van der Waals surface area contributed by atoms with Gasteiger partial charge >= 0.3 is 0 Å². The number of ether oxygens (including phenoxy) is 1. The van der Waals surface area contributed by atoms with Gasteiger partial charge < -0.3 is 15.4 Å². The second-order valence-electron chi connectivity index (χ2n) is 5.21. The Bertz CT molecular complexity index is 655. The molecule has 0 aliphatic carbocycles. The van der Waals surface area contributed by atoms with Crippen LogP contribution >= 0.6 is 24.0 Å². The lowest BCUT2D eigenvalue weighted by Gasteiger charge is -2.20. The van der Waals surface area contributed by atoms with Crippen LogP contribution in [0.2, 0.25) is 0 Å². The van der Waals surface area contributed by atoms with Gasteiger partial charge in [0.05, 0.1) is 18.8 Å². The Kier molecular flexibility index (Phi) is 9.83. The maximum atomic E-state index is 13.7. The summed E-state index contributed by atoms with van der Waals surface area (Å²) in [5.41, 5.74) is 0.926. The second kappa shape index (κ2) is 11.6. The fourth-order valence-corrected chi connectivity index (χ4v) is 2.10. The van der Waals surface area contributed by atoms with Crippen LogP contribution in [-0.2, 0) is 6.54 Å². The molecule has 0 bridgehead atoms. The number of halogens is 2. The first-order chi connectivity index (χ1) is 11.7. The van der Waals surface area contributed by atoms with E-state index in [9.17, 15) is 4.39 Å². The van der Waals surface area contributed by atoms with E-state index in [-0.39, 0.29) is 41.6 Å². The number of nitrogens with one attached hydrogen (secondary N) is 2. The smallest absolute Gasteiger partial charge is 0.191 e. The van der Waals surface area contributed by atoms with E-state index in [1.54, 1.807) is 31.4 Å². The van der Waals surface area contributed by atoms with Crippen molar-refractivity contribution in [3.05, 3.63) is 60.2 Å². The van der Waals surface area contributed by atoms with Crippen molar-refractivity contribution in [3.8, 4) is 5.75 Å². The molecule has 1 unspecified atom stereocenters. The van der Waals surface area contributed by atoms with Crippen molar-refractivity contribution < 1.29 is 9.13 Å². The highest BCUT2D eigenvalue weighted by molar-refractivity contribution is 14.0. The Morgan fingerprint density at radius 1 is 1.20 bits per heavy atom. The van der Waals surface area contributed by atoms with Crippen LogP contribution < -0.4 is 15.4 Å². The first-order valence-corrected chi connectivity index (χ1v) is 7.98. The fourth-order valence-electron chi connectivity index (χ4n) is 2.10. The summed E-state index contributed by atoms with van der Waals surface area (Å²) < 4.78 is 19.4. The molecule has 0 fully saturated rings. The molecule has 2 rings (SSSR count). The molecule has 0 radical (unpaired) electrons. The molecule has 0 aliphatic rings. The van der Waals surface area contributed by atoms with Crippen molar-refractivity contribution >= 4 is 29.9 Å². The lowest BCUT2D eigenvalue weighted by atomic mass is 10.2. The molecular formula is C18H24FIN4O. The third-order valence-electron chi connectivity index (χ3n) is 3.47. The van der Waals surface area contributed by atoms with Crippen molar-refractivity contribution in [1.82, 2.24) is 15.6 Å². The van der Waals surface area contributed by atoms with E-state index in [1.807, 2.05) is 25.1 Å². The SMILES string of the molecule is CCC(CNC(=NC)NCc1ccccn1)Oc1ccccc1F.I. The Balaban J connectivity index is 0.00000312. The minimum absolute atomic E-state index is 0. The van der Waals surface area contributed by atoms with Crippen LogP contribution in [0.15, 0.2) is 53.7 Å². The average molecular weight is 458 g/mol. The van der Waals surface area contributed by atoms with E-state index in [2.05, 4.69) is 20.6 Å². The lowest BCUT2D eigenvalue weighted by molar-refractivity contribution is 0.191. The van der Waals surface area contributed by atoms with Crippen LogP contribution in [0.1, 0.15) is 19.0 Å². The zero-order valence-electron chi connectivity index (χ0n) is 14.4. The molecular weight excluding hydrogens is 434 g/mol. The van der Waals surface area contributed by atoms with E-state index in [0.717, 1.165) is 12.1 Å². The van der Waals surface area contributed by atoms with Gasteiger partial charge in [0, 0.05) is 13.2 Å². The van der Waals surface area contributed by atoms with Crippen molar-refractivity contribution in [1.29, 1.82) is 0 Å². The predicted molar refractivity (Wildman–Crippen MR) is 109 cm³/mol. The molecule has 1 atom stereocenters. The third kappa shape index (κ3) is 7.25. The molecule has 0 amide bonds. The summed E-state index contributed by atoms with van der Waals surface area (Å²) in [7, 11) is 1.70. The van der Waals surface area contributed by atoms with Gasteiger partial charge in [-0.15, -0.1) is 24.0 Å². The largest absolute Gasteiger partial charge is 0.486 e. The van der Waals surface area contributed by atoms with Crippen LogP contribution in [0, 0.1) is 5.82 Å². The molecule has 1 heterocycles. The summed E-state index contributed by atoms with van der Waals surface area (Å²) in [6.45, 7) is 3.09. The molecule has 25 heavy (non-hydrogen) atoms. The topological polar surface area (TPSA) is 58.5 Å². The van der Waals surface area contributed by atoms with Gasteiger partial charge in [-0.25, -0.2) is 4.39 Å². The molecule has 0 saturated heterocycles. The molecule has 0 saturated carbocycles. The van der Waals surface area contributed by atoms with Gasteiger partial charge in [0.1, 0.15) is 6.10 Å². The maximum absolute atomic E-state index is 13.7. The normalized spacial score (nSPS) is 12.0. The van der Waals surface area contributed by atoms with E-state index >= 15 is 0 Å². The minimum Gasteiger partial charge on any atom is -0.486 e. The monoisotopic (exact) mass is 458 g/mol. The highest BCUT2D eigenvalue weighted by Crippen LogP contribution is 2.17. The van der Waals surface area contributed by atoms with Crippen LogP contribution in [0.5, 0.6) is 5.75 Å². The molecule has 1 aromatic carbocycles. The number of pyridine rings is 1.